The van der Waals surface area contributed by atoms with Gasteiger partial charge in [0, 0.05) is 4.47 Å². The lowest BCUT2D eigenvalue weighted by Gasteiger charge is -2.03. The molecule has 0 fully saturated rings. The molecule has 0 radical (unpaired) electrons. The maximum Gasteiger partial charge on any atom is 0.123 e. The van der Waals surface area contributed by atoms with E-state index in [1.165, 1.54) is 12.1 Å². The van der Waals surface area contributed by atoms with E-state index in [2.05, 4.69) is 22.0 Å². The maximum atomic E-state index is 12.8. The zero-order valence-electron chi connectivity index (χ0n) is 8.24. The van der Waals surface area contributed by atoms with Crippen molar-refractivity contribution < 1.29 is 4.39 Å². The average molecular weight is 276 g/mol. The molecule has 0 spiro atoms. The van der Waals surface area contributed by atoms with Crippen LogP contribution < -0.4 is 0 Å². The van der Waals surface area contributed by atoms with Gasteiger partial charge < -0.3 is 0 Å². The van der Waals surface area contributed by atoms with Crippen molar-refractivity contribution in [2.24, 2.45) is 0 Å². The van der Waals surface area contributed by atoms with Gasteiger partial charge in [-0.1, -0.05) is 18.2 Å². The first-order chi connectivity index (χ1) is 7.70. The summed E-state index contributed by atoms with van der Waals surface area (Å²) in [7, 11) is 0. The fourth-order valence-corrected chi connectivity index (χ4v) is 1.77. The lowest BCUT2D eigenvalue weighted by atomic mass is 10.0. The van der Waals surface area contributed by atoms with Crippen LogP contribution in [0.15, 0.2) is 46.9 Å². The molecule has 0 aliphatic heterocycles. The Hall–Kier alpha value is -1.66. The van der Waals surface area contributed by atoms with Crippen molar-refractivity contribution in [3.8, 4) is 17.2 Å². The van der Waals surface area contributed by atoms with E-state index in [0.717, 1.165) is 15.6 Å². The molecule has 0 saturated carbocycles. The van der Waals surface area contributed by atoms with Crippen LogP contribution in [0.1, 0.15) is 5.56 Å². The van der Waals surface area contributed by atoms with Crippen LogP contribution in [0.2, 0.25) is 0 Å². The van der Waals surface area contributed by atoms with Crippen LogP contribution in [0.5, 0.6) is 0 Å². The Labute approximate surface area is 101 Å². The number of halogens is 2. The molecular formula is C13H7BrFN. The van der Waals surface area contributed by atoms with Crippen LogP contribution in [0.4, 0.5) is 4.39 Å². The Morgan fingerprint density at radius 1 is 1.00 bits per heavy atom. The smallest absolute Gasteiger partial charge is 0.123 e. The zero-order chi connectivity index (χ0) is 11.5. The highest BCUT2D eigenvalue weighted by Crippen LogP contribution is 2.25. The van der Waals surface area contributed by atoms with Crippen LogP contribution in [-0.4, -0.2) is 0 Å². The molecule has 0 amide bonds. The molecule has 0 aliphatic rings. The molecule has 2 rings (SSSR count). The molecule has 0 unspecified atom stereocenters. The quantitative estimate of drug-likeness (QED) is 0.768. The van der Waals surface area contributed by atoms with Crippen molar-refractivity contribution in [1.29, 1.82) is 5.26 Å². The van der Waals surface area contributed by atoms with Gasteiger partial charge in [-0.3, -0.25) is 0 Å². The third-order valence-electron chi connectivity index (χ3n) is 2.26. The number of nitriles is 1. The van der Waals surface area contributed by atoms with E-state index in [0.29, 0.717) is 5.56 Å². The minimum absolute atomic E-state index is 0.263. The molecular weight excluding hydrogens is 269 g/mol. The van der Waals surface area contributed by atoms with E-state index in [1.807, 2.05) is 12.1 Å². The van der Waals surface area contributed by atoms with Crippen molar-refractivity contribution in [3.63, 3.8) is 0 Å². The Kier molecular flexibility index (Phi) is 3.02. The molecule has 16 heavy (non-hydrogen) atoms. The second kappa shape index (κ2) is 4.46. The summed E-state index contributed by atoms with van der Waals surface area (Å²) in [6.07, 6.45) is 0. The van der Waals surface area contributed by atoms with Crippen LogP contribution >= 0.6 is 15.9 Å². The fourth-order valence-electron chi connectivity index (χ4n) is 1.43. The van der Waals surface area contributed by atoms with Crippen molar-refractivity contribution >= 4 is 15.9 Å². The summed E-state index contributed by atoms with van der Waals surface area (Å²) in [5.74, 6) is -0.263. The molecule has 3 heteroatoms. The molecule has 0 saturated heterocycles. The SMILES string of the molecule is N#Cc1cc(-c2ccc(F)cc2)ccc1Br. The van der Waals surface area contributed by atoms with Gasteiger partial charge in [0.25, 0.3) is 0 Å². The predicted molar refractivity (Wildman–Crippen MR) is 64.3 cm³/mol. The summed E-state index contributed by atoms with van der Waals surface area (Å²) in [5.41, 5.74) is 2.37. The van der Waals surface area contributed by atoms with Gasteiger partial charge in [-0.25, -0.2) is 4.39 Å². The fraction of sp³-hybridized carbons (Fsp3) is 0. The topological polar surface area (TPSA) is 23.8 Å². The van der Waals surface area contributed by atoms with E-state index in [4.69, 9.17) is 5.26 Å². The van der Waals surface area contributed by atoms with E-state index < -0.39 is 0 Å². The lowest BCUT2D eigenvalue weighted by molar-refractivity contribution is 0.628. The average Bonchev–Trinajstić information content (AvgIpc) is 2.31. The van der Waals surface area contributed by atoms with Crippen LogP contribution in [0.3, 0.4) is 0 Å². The first-order valence-corrected chi connectivity index (χ1v) is 5.45. The summed E-state index contributed by atoms with van der Waals surface area (Å²) < 4.78 is 13.5. The zero-order valence-corrected chi connectivity index (χ0v) is 9.83. The van der Waals surface area contributed by atoms with Crippen molar-refractivity contribution in [3.05, 3.63) is 58.3 Å². The number of benzene rings is 2. The molecule has 78 valence electrons. The molecule has 1 nitrogen and oxygen atoms in total. The maximum absolute atomic E-state index is 12.8. The molecule has 0 bridgehead atoms. The van der Waals surface area contributed by atoms with Crippen LogP contribution in [0, 0.1) is 17.1 Å². The molecule has 2 aromatic rings. The first-order valence-electron chi connectivity index (χ1n) is 4.66. The van der Waals surface area contributed by atoms with E-state index in [1.54, 1.807) is 18.2 Å². The Morgan fingerprint density at radius 2 is 1.62 bits per heavy atom. The number of hydrogen-bond acceptors (Lipinski definition) is 1. The van der Waals surface area contributed by atoms with Gasteiger partial charge >= 0.3 is 0 Å². The Bertz CT molecular complexity index is 555. The summed E-state index contributed by atoms with van der Waals surface area (Å²) >= 11 is 3.29. The lowest BCUT2D eigenvalue weighted by Crippen LogP contribution is -1.82. The van der Waals surface area contributed by atoms with Crippen molar-refractivity contribution in [1.82, 2.24) is 0 Å². The summed E-state index contributed by atoms with van der Waals surface area (Å²) in [4.78, 5) is 0. The van der Waals surface area contributed by atoms with Gasteiger partial charge in [-0.05, 0) is 51.3 Å². The standard InChI is InChI=1S/C13H7BrFN/c14-13-6-3-10(7-11(13)8-16)9-1-4-12(15)5-2-9/h1-7H. The monoisotopic (exact) mass is 275 g/mol. The largest absolute Gasteiger partial charge is 0.207 e. The second-order valence-corrected chi connectivity index (χ2v) is 4.17. The second-order valence-electron chi connectivity index (χ2n) is 3.31. The van der Waals surface area contributed by atoms with Gasteiger partial charge in [0.2, 0.25) is 0 Å². The van der Waals surface area contributed by atoms with Gasteiger partial charge in [0.05, 0.1) is 5.56 Å². The van der Waals surface area contributed by atoms with Gasteiger partial charge in [-0.2, -0.15) is 5.26 Å². The highest BCUT2D eigenvalue weighted by Gasteiger charge is 2.03. The van der Waals surface area contributed by atoms with E-state index >= 15 is 0 Å². The summed E-state index contributed by atoms with van der Waals surface area (Å²) in [6, 6.07) is 13.8. The van der Waals surface area contributed by atoms with Gasteiger partial charge in [0.15, 0.2) is 0 Å². The predicted octanol–water partition coefficient (Wildman–Crippen LogP) is 4.13. The van der Waals surface area contributed by atoms with Crippen molar-refractivity contribution in [2.75, 3.05) is 0 Å². The number of rotatable bonds is 1. The molecule has 0 atom stereocenters. The Morgan fingerprint density at radius 3 is 2.25 bits per heavy atom. The molecule has 0 aliphatic carbocycles. The third-order valence-corrected chi connectivity index (χ3v) is 2.96. The number of hydrogen-bond donors (Lipinski definition) is 0. The van der Waals surface area contributed by atoms with Crippen molar-refractivity contribution in [2.45, 2.75) is 0 Å². The van der Waals surface area contributed by atoms with Gasteiger partial charge in [0.1, 0.15) is 11.9 Å². The molecule has 2 aromatic carbocycles. The minimum atomic E-state index is -0.263. The summed E-state index contributed by atoms with van der Waals surface area (Å²) in [6.45, 7) is 0. The Balaban J connectivity index is 2.49. The molecule has 0 heterocycles. The number of nitrogens with zero attached hydrogens (tertiary/aromatic N) is 1. The molecule has 0 aromatic heterocycles. The van der Waals surface area contributed by atoms with E-state index in [9.17, 15) is 4.39 Å². The molecule has 0 N–H and O–H groups in total. The highest BCUT2D eigenvalue weighted by molar-refractivity contribution is 9.10. The van der Waals surface area contributed by atoms with E-state index in [-0.39, 0.29) is 5.82 Å². The van der Waals surface area contributed by atoms with Crippen LogP contribution in [0.25, 0.3) is 11.1 Å². The van der Waals surface area contributed by atoms with Crippen LogP contribution in [-0.2, 0) is 0 Å². The first kappa shape index (κ1) is 10.8. The third kappa shape index (κ3) is 2.12. The highest BCUT2D eigenvalue weighted by atomic mass is 79.9. The minimum Gasteiger partial charge on any atom is -0.207 e. The normalized spacial score (nSPS) is 9.81. The summed E-state index contributed by atoms with van der Waals surface area (Å²) in [5, 5.41) is 8.89. The van der Waals surface area contributed by atoms with Gasteiger partial charge in [-0.15, -0.1) is 0 Å².